The second-order valence-corrected chi connectivity index (χ2v) is 11.9. The van der Waals surface area contributed by atoms with Gasteiger partial charge >= 0.3 is 0 Å². The summed E-state index contributed by atoms with van der Waals surface area (Å²) in [6.45, 7) is 14.0. The molecule has 0 saturated carbocycles. The van der Waals surface area contributed by atoms with Crippen LogP contribution in [0.3, 0.4) is 0 Å². The van der Waals surface area contributed by atoms with E-state index >= 15 is 0 Å². The van der Waals surface area contributed by atoms with Crippen LogP contribution >= 0.6 is 0 Å². The van der Waals surface area contributed by atoms with Gasteiger partial charge in [-0.25, -0.2) is 0 Å². The summed E-state index contributed by atoms with van der Waals surface area (Å²) in [4.78, 5) is 0. The highest BCUT2D eigenvalue weighted by molar-refractivity contribution is 6.01. The van der Waals surface area contributed by atoms with Gasteiger partial charge in [0.15, 0.2) is 0 Å². The van der Waals surface area contributed by atoms with Crippen molar-refractivity contribution in [1.82, 2.24) is 0 Å². The van der Waals surface area contributed by atoms with Gasteiger partial charge in [0, 0.05) is 0 Å². The number of hydrogen-bond donors (Lipinski definition) is 0. The average Bonchev–Trinajstić information content (AvgIpc) is 3.08. The van der Waals surface area contributed by atoms with Crippen LogP contribution in [-0.2, 0) is 0 Å². The van der Waals surface area contributed by atoms with Crippen LogP contribution in [0.2, 0.25) is 0 Å². The van der Waals surface area contributed by atoms with Gasteiger partial charge in [-0.05, 0) is 135 Å². The summed E-state index contributed by atoms with van der Waals surface area (Å²) < 4.78 is 0. The van der Waals surface area contributed by atoms with E-state index in [1.807, 2.05) is 24.3 Å². The van der Waals surface area contributed by atoms with Crippen LogP contribution in [0.1, 0.15) is 46.2 Å². The molecule has 0 saturated heterocycles. The van der Waals surface area contributed by atoms with E-state index in [2.05, 4.69) is 149 Å². The van der Waals surface area contributed by atoms with Crippen LogP contribution in [0.15, 0.2) is 141 Å². The molecule has 0 bridgehead atoms. The van der Waals surface area contributed by atoms with E-state index in [0.29, 0.717) is 0 Å². The summed E-state index contributed by atoms with van der Waals surface area (Å²) in [5, 5.41) is 5.17. The van der Waals surface area contributed by atoms with Crippen molar-refractivity contribution in [2.75, 3.05) is 0 Å². The van der Waals surface area contributed by atoms with Crippen molar-refractivity contribution in [3.05, 3.63) is 174 Å². The van der Waals surface area contributed by atoms with Crippen LogP contribution in [0.25, 0.3) is 61.5 Å². The van der Waals surface area contributed by atoms with E-state index in [-0.39, 0.29) is 0 Å². The molecule has 0 N–H and O–H groups in total. The van der Waals surface area contributed by atoms with E-state index in [1.54, 1.807) is 0 Å². The molecule has 45 heavy (non-hydrogen) atoms. The van der Waals surface area contributed by atoms with Gasteiger partial charge in [0.25, 0.3) is 0 Å². The first-order valence-corrected chi connectivity index (χ1v) is 15.8. The fourth-order valence-corrected chi connectivity index (χ4v) is 6.41. The SMILES string of the molecule is C=Cc1cccc(C)c1C=C.Cc1ccccc1-c1c(C)ccc2ccc(-c3ccc4cc(C5=CCCC=C5)ccc4c3)cc12. The summed E-state index contributed by atoms with van der Waals surface area (Å²) in [5.41, 5.74) is 14.0. The number of fused-ring (bicyclic) bond motifs is 2. The van der Waals surface area contributed by atoms with Crippen molar-refractivity contribution in [1.29, 1.82) is 0 Å². The smallest absolute Gasteiger partial charge is 0.00732 e. The lowest BCUT2D eigenvalue weighted by atomic mass is 9.89. The third-order valence-corrected chi connectivity index (χ3v) is 8.93. The van der Waals surface area contributed by atoms with Crippen molar-refractivity contribution < 1.29 is 0 Å². The van der Waals surface area contributed by atoms with Gasteiger partial charge in [0.1, 0.15) is 0 Å². The average molecular weight is 581 g/mol. The van der Waals surface area contributed by atoms with Crippen LogP contribution in [-0.4, -0.2) is 0 Å². The lowest BCUT2D eigenvalue weighted by Crippen LogP contribution is -1.90. The summed E-state index contributed by atoms with van der Waals surface area (Å²) in [5.74, 6) is 0. The number of rotatable bonds is 5. The number of benzene rings is 6. The predicted octanol–water partition coefficient (Wildman–Crippen LogP) is 13.0. The Bertz CT molecular complexity index is 2120. The maximum Gasteiger partial charge on any atom is -0.00732 e. The molecule has 6 aromatic carbocycles. The molecule has 0 nitrogen and oxygen atoms in total. The quantitative estimate of drug-likeness (QED) is 0.190. The fourth-order valence-electron chi connectivity index (χ4n) is 6.41. The first-order valence-electron chi connectivity index (χ1n) is 15.8. The fraction of sp³-hybridized carbons (Fsp3) is 0.111. The normalized spacial score (nSPS) is 12.4. The maximum absolute atomic E-state index is 3.75. The van der Waals surface area contributed by atoms with E-state index in [4.69, 9.17) is 0 Å². The number of hydrogen-bond acceptors (Lipinski definition) is 0. The molecule has 0 atom stereocenters. The van der Waals surface area contributed by atoms with Gasteiger partial charge in [-0.2, -0.15) is 0 Å². The molecule has 0 unspecified atom stereocenters. The van der Waals surface area contributed by atoms with Crippen molar-refractivity contribution >= 4 is 39.3 Å². The zero-order chi connectivity index (χ0) is 31.3. The van der Waals surface area contributed by atoms with Crippen LogP contribution in [0, 0.1) is 20.8 Å². The van der Waals surface area contributed by atoms with Gasteiger partial charge in [-0.3, -0.25) is 0 Å². The van der Waals surface area contributed by atoms with E-state index in [1.165, 1.54) is 77.2 Å². The third-order valence-electron chi connectivity index (χ3n) is 8.93. The molecule has 0 aliphatic heterocycles. The Kier molecular flexibility index (Phi) is 8.76. The van der Waals surface area contributed by atoms with Gasteiger partial charge in [-0.15, -0.1) is 0 Å². The molecule has 0 heteroatoms. The van der Waals surface area contributed by atoms with Crippen LogP contribution in [0.4, 0.5) is 0 Å². The zero-order valence-electron chi connectivity index (χ0n) is 26.6. The molecular weight excluding hydrogens is 540 g/mol. The minimum absolute atomic E-state index is 1.13. The highest BCUT2D eigenvalue weighted by Gasteiger charge is 2.11. The Labute approximate surface area is 268 Å². The highest BCUT2D eigenvalue weighted by Crippen LogP contribution is 2.37. The molecule has 0 spiro atoms. The molecule has 0 fully saturated rings. The van der Waals surface area contributed by atoms with E-state index in [0.717, 1.165) is 18.4 Å². The first-order chi connectivity index (χ1) is 22.0. The zero-order valence-corrected chi connectivity index (χ0v) is 26.6. The lowest BCUT2D eigenvalue weighted by molar-refractivity contribution is 1.04. The Morgan fingerprint density at radius 1 is 0.556 bits per heavy atom. The molecule has 0 aromatic heterocycles. The van der Waals surface area contributed by atoms with Gasteiger partial charge in [-0.1, -0.05) is 135 Å². The molecule has 6 aromatic rings. The third kappa shape index (κ3) is 6.24. The molecule has 1 aliphatic carbocycles. The summed E-state index contributed by atoms with van der Waals surface area (Å²) in [6.07, 6.45) is 12.9. The highest BCUT2D eigenvalue weighted by atomic mass is 14.2. The first kappa shape index (κ1) is 29.9. The van der Waals surface area contributed by atoms with Gasteiger partial charge in [0.05, 0.1) is 0 Å². The molecule has 7 rings (SSSR count). The molecule has 0 amide bonds. The molecule has 220 valence electrons. The van der Waals surface area contributed by atoms with Gasteiger partial charge < -0.3 is 0 Å². The molecule has 0 radical (unpaired) electrons. The number of allylic oxidation sites excluding steroid dienone is 4. The van der Waals surface area contributed by atoms with E-state index < -0.39 is 0 Å². The lowest BCUT2D eigenvalue weighted by Gasteiger charge is -2.15. The number of aryl methyl sites for hydroxylation is 3. The van der Waals surface area contributed by atoms with Gasteiger partial charge in [0.2, 0.25) is 0 Å². The Hall–Kier alpha value is -5.20. The van der Waals surface area contributed by atoms with Crippen LogP contribution < -0.4 is 0 Å². The van der Waals surface area contributed by atoms with Crippen molar-refractivity contribution in [3.8, 4) is 22.3 Å². The largest absolute Gasteiger partial charge is 0.0984 e. The van der Waals surface area contributed by atoms with Crippen molar-refractivity contribution in [2.45, 2.75) is 33.6 Å². The van der Waals surface area contributed by atoms with Crippen molar-refractivity contribution in [3.63, 3.8) is 0 Å². The topological polar surface area (TPSA) is 0 Å². The minimum Gasteiger partial charge on any atom is -0.0984 e. The monoisotopic (exact) mass is 580 g/mol. The predicted molar refractivity (Wildman–Crippen MR) is 200 cm³/mol. The second-order valence-electron chi connectivity index (χ2n) is 11.9. The second kappa shape index (κ2) is 13.2. The minimum atomic E-state index is 1.13. The maximum atomic E-state index is 3.75. The summed E-state index contributed by atoms with van der Waals surface area (Å²) in [7, 11) is 0. The Morgan fingerprint density at radius 2 is 1.22 bits per heavy atom. The molecule has 1 aliphatic rings. The Morgan fingerprint density at radius 3 is 1.91 bits per heavy atom. The summed E-state index contributed by atoms with van der Waals surface area (Å²) >= 11 is 0. The Balaban J connectivity index is 0.000000276. The summed E-state index contributed by atoms with van der Waals surface area (Å²) in [6, 6.07) is 39.9. The van der Waals surface area contributed by atoms with Crippen LogP contribution in [0.5, 0.6) is 0 Å². The molecular formula is C45H40. The van der Waals surface area contributed by atoms with E-state index in [9.17, 15) is 0 Å². The van der Waals surface area contributed by atoms with Crippen molar-refractivity contribution in [2.24, 2.45) is 0 Å². The standard InChI is InChI=1S/C34H28.C11H12/c1-23-8-6-7-11-32(23)34-24(2)12-13-26-14-15-31(22-33(26)34)30-19-18-28-20-27(16-17-29(28)21-30)25-9-4-3-5-10-25;1-4-10-8-6-7-9(3)11(10)5-2/h4,6-22H,3,5H2,1-2H3;4-8H,1-2H2,3H3. The molecule has 0 heterocycles.